The molecule has 2 heteroatoms. The molecule has 4 aliphatic rings. The van der Waals surface area contributed by atoms with E-state index in [9.17, 15) is 0 Å². The Morgan fingerprint density at radius 2 is 1.96 bits per heavy atom. The summed E-state index contributed by atoms with van der Waals surface area (Å²) in [6, 6.07) is 4.36. The Morgan fingerprint density at radius 3 is 2.81 bits per heavy atom. The lowest BCUT2D eigenvalue weighted by molar-refractivity contribution is -0.0798. The third-order valence-corrected chi connectivity index (χ3v) is 9.01. The number of hydrogen-bond donors (Lipinski definition) is 0. The quantitative estimate of drug-likeness (QED) is 0.643. The maximum atomic E-state index is 5.90. The summed E-state index contributed by atoms with van der Waals surface area (Å²) >= 11 is 0. The van der Waals surface area contributed by atoms with Crippen molar-refractivity contribution in [1.29, 1.82) is 0 Å². The van der Waals surface area contributed by atoms with Crippen molar-refractivity contribution in [2.45, 2.75) is 58.8 Å². The molecular formula is C24H33NO. The van der Waals surface area contributed by atoms with E-state index in [0.29, 0.717) is 10.8 Å². The van der Waals surface area contributed by atoms with Crippen molar-refractivity contribution >= 4 is 5.57 Å². The van der Waals surface area contributed by atoms with Crippen LogP contribution in [-0.4, -0.2) is 18.2 Å². The van der Waals surface area contributed by atoms with Crippen LogP contribution in [0.15, 0.2) is 30.6 Å². The first-order chi connectivity index (χ1) is 12.6. The number of fused-ring (bicyclic) bond motifs is 5. The number of aromatic nitrogens is 1. The summed E-state index contributed by atoms with van der Waals surface area (Å²) < 4.78 is 5.90. The molecule has 2 saturated carbocycles. The summed E-state index contributed by atoms with van der Waals surface area (Å²) in [5.74, 6) is 3.53. The van der Waals surface area contributed by atoms with Gasteiger partial charge in [-0.1, -0.05) is 26.0 Å². The van der Waals surface area contributed by atoms with Gasteiger partial charge in [0, 0.05) is 25.6 Å². The van der Waals surface area contributed by atoms with E-state index in [1.807, 2.05) is 6.20 Å². The van der Waals surface area contributed by atoms with E-state index in [1.165, 1.54) is 50.5 Å². The maximum Gasteiger partial charge on any atom is 0.0471 e. The average molecular weight is 352 g/mol. The Morgan fingerprint density at radius 1 is 1.04 bits per heavy atom. The fraction of sp³-hybridized carbons (Fsp3) is 0.708. The van der Waals surface area contributed by atoms with Crippen molar-refractivity contribution < 1.29 is 4.74 Å². The van der Waals surface area contributed by atoms with Gasteiger partial charge in [0.05, 0.1) is 0 Å². The summed E-state index contributed by atoms with van der Waals surface area (Å²) in [5, 5.41) is 0. The van der Waals surface area contributed by atoms with Gasteiger partial charge < -0.3 is 4.74 Å². The fourth-order valence-electron chi connectivity index (χ4n) is 7.56. The molecule has 1 aliphatic heterocycles. The largest absolute Gasteiger partial charge is 0.381 e. The van der Waals surface area contributed by atoms with E-state index in [1.54, 1.807) is 5.57 Å². The summed E-state index contributed by atoms with van der Waals surface area (Å²) in [4.78, 5) is 4.40. The number of nitrogens with zero attached hydrogens (tertiary/aromatic N) is 1. The molecule has 0 unspecified atom stereocenters. The lowest BCUT2D eigenvalue weighted by atomic mass is 9.46. The van der Waals surface area contributed by atoms with E-state index < -0.39 is 0 Å². The zero-order valence-corrected chi connectivity index (χ0v) is 16.4. The summed E-state index contributed by atoms with van der Waals surface area (Å²) in [5.41, 5.74) is 3.82. The third-order valence-electron chi connectivity index (χ3n) is 9.01. The molecule has 140 valence electrons. The summed E-state index contributed by atoms with van der Waals surface area (Å²) in [7, 11) is 0. The van der Waals surface area contributed by atoms with Crippen LogP contribution in [0.2, 0.25) is 0 Å². The zero-order valence-electron chi connectivity index (χ0n) is 16.4. The minimum Gasteiger partial charge on any atom is -0.381 e. The Kier molecular flexibility index (Phi) is 4.04. The molecule has 0 spiro atoms. The van der Waals surface area contributed by atoms with Crippen LogP contribution < -0.4 is 0 Å². The van der Waals surface area contributed by atoms with E-state index in [4.69, 9.17) is 4.74 Å². The topological polar surface area (TPSA) is 22.1 Å². The Hall–Kier alpha value is -1.15. The van der Waals surface area contributed by atoms with Crippen LogP contribution in [-0.2, 0) is 4.74 Å². The molecule has 1 aromatic rings. The van der Waals surface area contributed by atoms with Crippen LogP contribution in [0, 0.1) is 34.5 Å². The molecule has 6 atom stereocenters. The first-order valence-corrected chi connectivity index (χ1v) is 10.8. The van der Waals surface area contributed by atoms with Crippen molar-refractivity contribution in [3.05, 3.63) is 36.2 Å². The van der Waals surface area contributed by atoms with E-state index >= 15 is 0 Å². The zero-order chi connectivity index (χ0) is 17.8. The molecular weight excluding hydrogens is 318 g/mol. The van der Waals surface area contributed by atoms with Gasteiger partial charge in [-0.15, -0.1) is 0 Å². The van der Waals surface area contributed by atoms with Gasteiger partial charge in [-0.3, -0.25) is 4.98 Å². The van der Waals surface area contributed by atoms with Gasteiger partial charge in [0.25, 0.3) is 0 Å². The highest BCUT2D eigenvalue weighted by Gasteiger charge is 2.57. The van der Waals surface area contributed by atoms with E-state index in [-0.39, 0.29) is 0 Å². The van der Waals surface area contributed by atoms with Crippen molar-refractivity contribution in [3.8, 4) is 0 Å². The van der Waals surface area contributed by atoms with Crippen LogP contribution in [0.25, 0.3) is 5.57 Å². The highest BCUT2D eigenvalue weighted by Crippen LogP contribution is 2.66. The maximum absolute atomic E-state index is 5.90. The van der Waals surface area contributed by atoms with Gasteiger partial charge >= 0.3 is 0 Å². The van der Waals surface area contributed by atoms with Gasteiger partial charge in [-0.05, 0) is 96.7 Å². The van der Waals surface area contributed by atoms with Gasteiger partial charge in [0.15, 0.2) is 0 Å². The molecule has 5 rings (SSSR count). The number of rotatable bonds is 1. The van der Waals surface area contributed by atoms with Crippen molar-refractivity contribution in [3.63, 3.8) is 0 Å². The SMILES string of the molecule is C[C@]12CCOCC[C@@H]1CC[C@@H]1[C@@H]2CC[C@]2(C)C(c3cccnc3)=CC[C@@H]12. The molecule has 3 aliphatic carbocycles. The smallest absolute Gasteiger partial charge is 0.0471 e. The fourth-order valence-corrected chi connectivity index (χ4v) is 7.56. The highest BCUT2D eigenvalue weighted by molar-refractivity contribution is 5.72. The first kappa shape index (κ1) is 17.0. The number of pyridine rings is 1. The van der Waals surface area contributed by atoms with Crippen LogP contribution in [0.3, 0.4) is 0 Å². The molecule has 2 nitrogen and oxygen atoms in total. The standard InChI is InChI=1S/C24H33NO/c1-23-12-15-26-14-10-18(23)5-6-19-21-8-7-20(17-4-3-13-25-16-17)24(21,2)11-9-22(19)23/h3-4,7,13,16,18-19,21-22H,5-6,8-12,14-15H2,1-2H3/t18-,19-,21-,22-,23-,24+/m0/s1. The van der Waals surface area contributed by atoms with Crippen molar-refractivity contribution in [1.82, 2.24) is 4.98 Å². The van der Waals surface area contributed by atoms with E-state index in [2.05, 4.69) is 43.2 Å². The summed E-state index contributed by atoms with van der Waals surface area (Å²) in [6.07, 6.45) is 16.0. The number of hydrogen-bond acceptors (Lipinski definition) is 2. The Labute approximate surface area is 158 Å². The molecule has 0 amide bonds. The lowest BCUT2D eigenvalue weighted by Gasteiger charge is -2.58. The van der Waals surface area contributed by atoms with Crippen molar-refractivity contribution in [2.24, 2.45) is 34.5 Å². The number of ether oxygens (including phenoxy) is 1. The molecule has 1 aromatic heterocycles. The monoisotopic (exact) mass is 351 g/mol. The molecule has 1 saturated heterocycles. The van der Waals surface area contributed by atoms with Crippen molar-refractivity contribution in [2.75, 3.05) is 13.2 Å². The van der Waals surface area contributed by atoms with Crippen LogP contribution in [0.5, 0.6) is 0 Å². The van der Waals surface area contributed by atoms with E-state index in [0.717, 1.165) is 36.9 Å². The predicted octanol–water partition coefficient (Wildman–Crippen LogP) is 5.74. The molecule has 0 N–H and O–H groups in total. The van der Waals surface area contributed by atoms with Gasteiger partial charge in [-0.25, -0.2) is 0 Å². The van der Waals surface area contributed by atoms with Crippen LogP contribution >= 0.6 is 0 Å². The first-order valence-electron chi connectivity index (χ1n) is 10.8. The Bertz CT molecular complexity index is 697. The van der Waals surface area contributed by atoms with Crippen LogP contribution in [0.4, 0.5) is 0 Å². The van der Waals surface area contributed by atoms with Gasteiger partial charge in [-0.2, -0.15) is 0 Å². The Balaban J connectivity index is 1.45. The molecule has 26 heavy (non-hydrogen) atoms. The molecule has 0 bridgehead atoms. The minimum atomic E-state index is 0.356. The number of allylic oxidation sites excluding steroid dienone is 2. The van der Waals surface area contributed by atoms with Gasteiger partial charge in [0.2, 0.25) is 0 Å². The highest BCUT2D eigenvalue weighted by atomic mass is 16.5. The summed E-state index contributed by atoms with van der Waals surface area (Å²) in [6.45, 7) is 7.16. The second-order valence-electron chi connectivity index (χ2n) is 9.86. The minimum absolute atomic E-state index is 0.356. The van der Waals surface area contributed by atoms with Gasteiger partial charge in [0.1, 0.15) is 0 Å². The normalized spacial score (nSPS) is 45.1. The molecule has 0 aromatic carbocycles. The molecule has 2 heterocycles. The predicted molar refractivity (Wildman–Crippen MR) is 106 cm³/mol. The second kappa shape index (κ2) is 6.19. The molecule has 0 radical (unpaired) electrons. The van der Waals surface area contributed by atoms with Crippen LogP contribution in [0.1, 0.15) is 64.4 Å². The third kappa shape index (κ3) is 2.37. The molecule has 3 fully saturated rings. The average Bonchev–Trinajstić information content (AvgIpc) is 2.88. The lowest BCUT2D eigenvalue weighted by Crippen LogP contribution is -2.51. The second-order valence-corrected chi connectivity index (χ2v) is 9.86.